The molecule has 112 valence electrons. The minimum Gasteiger partial charge on any atom is -0.481 e. The van der Waals surface area contributed by atoms with Gasteiger partial charge in [0.1, 0.15) is 6.07 Å². The van der Waals surface area contributed by atoms with Crippen LogP contribution in [0.5, 0.6) is 5.88 Å². The van der Waals surface area contributed by atoms with Crippen LogP contribution in [0.4, 0.5) is 11.6 Å². The number of benzene rings is 1. The highest BCUT2D eigenvalue weighted by atomic mass is 16.5. The molecule has 1 aliphatic rings. The zero-order valence-electron chi connectivity index (χ0n) is 12.4. The Balaban J connectivity index is 1.68. The maximum absolute atomic E-state index is 9.21. The van der Waals surface area contributed by atoms with E-state index < -0.39 is 0 Å². The Morgan fingerprint density at radius 2 is 2.23 bits per heavy atom. The molecule has 0 amide bonds. The lowest BCUT2D eigenvalue weighted by Crippen LogP contribution is -2.27. The van der Waals surface area contributed by atoms with Gasteiger partial charge in [-0.05, 0) is 18.6 Å². The van der Waals surface area contributed by atoms with Crippen molar-refractivity contribution in [2.75, 3.05) is 30.4 Å². The molecule has 6 nitrogen and oxygen atoms in total. The molecule has 0 bridgehead atoms. The second kappa shape index (κ2) is 6.31. The summed E-state index contributed by atoms with van der Waals surface area (Å²) in [7, 11) is 1.59. The second-order valence-corrected chi connectivity index (χ2v) is 5.13. The molecule has 0 saturated carbocycles. The third kappa shape index (κ3) is 2.93. The summed E-state index contributed by atoms with van der Waals surface area (Å²) >= 11 is 0. The van der Waals surface area contributed by atoms with E-state index in [0.29, 0.717) is 17.4 Å². The van der Waals surface area contributed by atoms with Crippen LogP contribution in [0.1, 0.15) is 12.0 Å². The lowest BCUT2D eigenvalue weighted by atomic mass is 10.2. The highest BCUT2D eigenvalue weighted by molar-refractivity contribution is 5.60. The van der Waals surface area contributed by atoms with E-state index in [1.54, 1.807) is 19.4 Å². The van der Waals surface area contributed by atoms with Gasteiger partial charge in [0.2, 0.25) is 11.8 Å². The summed E-state index contributed by atoms with van der Waals surface area (Å²) in [6.07, 6.45) is 2.65. The maximum atomic E-state index is 9.21. The van der Waals surface area contributed by atoms with E-state index in [1.165, 1.54) is 0 Å². The Hall–Kier alpha value is -2.81. The first-order valence-electron chi connectivity index (χ1n) is 7.18. The topological polar surface area (TPSA) is 74.1 Å². The summed E-state index contributed by atoms with van der Waals surface area (Å²) in [6.45, 7) is 1.72. The predicted octanol–water partition coefficient (Wildman–Crippen LogP) is 2.05. The Bertz CT molecular complexity index is 697. The van der Waals surface area contributed by atoms with Crippen LogP contribution in [0, 0.1) is 11.3 Å². The van der Waals surface area contributed by atoms with Crippen LogP contribution in [0.25, 0.3) is 0 Å². The molecule has 3 rings (SSSR count). The first-order chi connectivity index (χ1) is 10.8. The fourth-order valence-electron chi connectivity index (χ4n) is 2.65. The standard InChI is InChI=1S/C16H17N5O/c1-22-15-6-8-18-16(20-15)19-13-7-9-21(11-13)14-5-3-2-4-12(14)10-17/h2-6,8,13H,7,9,11H2,1H3,(H,18,19,20). The lowest BCUT2D eigenvalue weighted by Gasteiger charge is -2.20. The Labute approximate surface area is 129 Å². The van der Waals surface area contributed by atoms with Gasteiger partial charge >= 0.3 is 0 Å². The molecule has 1 aromatic carbocycles. The van der Waals surface area contributed by atoms with Gasteiger partial charge in [-0.2, -0.15) is 10.2 Å². The van der Waals surface area contributed by atoms with Crippen LogP contribution in [-0.2, 0) is 0 Å². The van der Waals surface area contributed by atoms with Crippen molar-refractivity contribution in [2.24, 2.45) is 0 Å². The molecule has 2 aromatic rings. The number of ether oxygens (including phenoxy) is 1. The van der Waals surface area contributed by atoms with Gasteiger partial charge < -0.3 is 15.0 Å². The van der Waals surface area contributed by atoms with E-state index in [0.717, 1.165) is 25.2 Å². The molecule has 1 fully saturated rings. The van der Waals surface area contributed by atoms with E-state index in [9.17, 15) is 5.26 Å². The first-order valence-corrected chi connectivity index (χ1v) is 7.18. The van der Waals surface area contributed by atoms with Crippen LogP contribution in [0.2, 0.25) is 0 Å². The predicted molar refractivity (Wildman–Crippen MR) is 84.0 cm³/mol. The van der Waals surface area contributed by atoms with Crippen LogP contribution in [0.15, 0.2) is 36.5 Å². The van der Waals surface area contributed by atoms with Gasteiger partial charge in [-0.1, -0.05) is 12.1 Å². The summed E-state index contributed by atoms with van der Waals surface area (Å²) in [5.74, 6) is 1.11. The number of hydrogen-bond acceptors (Lipinski definition) is 6. The summed E-state index contributed by atoms with van der Waals surface area (Å²) in [5, 5.41) is 12.5. The largest absolute Gasteiger partial charge is 0.481 e. The Kier molecular flexibility index (Phi) is 4.05. The molecule has 1 unspecified atom stereocenters. The van der Waals surface area contributed by atoms with Gasteiger partial charge in [0.05, 0.1) is 18.4 Å². The minimum absolute atomic E-state index is 0.249. The number of nitrogens with zero attached hydrogens (tertiary/aromatic N) is 4. The van der Waals surface area contributed by atoms with Gasteiger partial charge in [-0.15, -0.1) is 0 Å². The number of methoxy groups -OCH3 is 1. The summed E-state index contributed by atoms with van der Waals surface area (Å²) in [4.78, 5) is 10.7. The van der Waals surface area contributed by atoms with Crippen molar-refractivity contribution in [3.05, 3.63) is 42.1 Å². The van der Waals surface area contributed by atoms with Crippen molar-refractivity contribution >= 4 is 11.6 Å². The molecule has 0 spiro atoms. The molecule has 1 atom stereocenters. The maximum Gasteiger partial charge on any atom is 0.226 e. The molecule has 0 radical (unpaired) electrons. The Morgan fingerprint density at radius 1 is 1.36 bits per heavy atom. The Morgan fingerprint density at radius 3 is 3.05 bits per heavy atom. The van der Waals surface area contributed by atoms with Gasteiger partial charge in [-0.25, -0.2) is 4.98 Å². The zero-order chi connectivity index (χ0) is 15.4. The number of aromatic nitrogens is 2. The SMILES string of the molecule is COc1ccnc(NC2CCN(c3ccccc3C#N)C2)n1. The van der Waals surface area contributed by atoms with E-state index in [-0.39, 0.29) is 6.04 Å². The molecular formula is C16H17N5O. The van der Waals surface area contributed by atoms with Crippen LogP contribution < -0.4 is 15.0 Å². The van der Waals surface area contributed by atoms with Crippen molar-refractivity contribution in [3.8, 4) is 11.9 Å². The molecule has 1 aliphatic heterocycles. The van der Waals surface area contributed by atoms with Gasteiger partial charge in [-0.3, -0.25) is 0 Å². The van der Waals surface area contributed by atoms with Crippen molar-refractivity contribution in [2.45, 2.75) is 12.5 Å². The number of nitrogens with one attached hydrogen (secondary N) is 1. The van der Waals surface area contributed by atoms with E-state index in [4.69, 9.17) is 4.74 Å². The van der Waals surface area contributed by atoms with E-state index in [1.807, 2.05) is 24.3 Å². The third-order valence-corrected chi connectivity index (χ3v) is 3.73. The highest BCUT2D eigenvalue weighted by Crippen LogP contribution is 2.25. The normalized spacial score (nSPS) is 17.1. The summed E-state index contributed by atoms with van der Waals surface area (Å²) < 4.78 is 5.10. The molecule has 1 saturated heterocycles. The monoisotopic (exact) mass is 295 g/mol. The number of nitriles is 1. The van der Waals surface area contributed by atoms with Gasteiger partial charge in [0.25, 0.3) is 0 Å². The average Bonchev–Trinajstić information content (AvgIpc) is 3.03. The highest BCUT2D eigenvalue weighted by Gasteiger charge is 2.24. The van der Waals surface area contributed by atoms with E-state index in [2.05, 4.69) is 26.3 Å². The molecule has 22 heavy (non-hydrogen) atoms. The van der Waals surface area contributed by atoms with Crippen molar-refractivity contribution in [3.63, 3.8) is 0 Å². The number of anilines is 2. The minimum atomic E-state index is 0.249. The molecular weight excluding hydrogens is 278 g/mol. The molecule has 1 aromatic heterocycles. The fraction of sp³-hybridized carbons (Fsp3) is 0.312. The van der Waals surface area contributed by atoms with Crippen molar-refractivity contribution in [1.29, 1.82) is 5.26 Å². The molecule has 0 aliphatic carbocycles. The average molecular weight is 295 g/mol. The quantitative estimate of drug-likeness (QED) is 0.930. The molecule has 2 heterocycles. The van der Waals surface area contributed by atoms with Gasteiger partial charge in [0.15, 0.2) is 0 Å². The molecule has 6 heteroatoms. The lowest BCUT2D eigenvalue weighted by molar-refractivity contribution is 0.397. The van der Waals surface area contributed by atoms with Crippen LogP contribution in [0.3, 0.4) is 0 Å². The number of para-hydroxylation sites is 1. The second-order valence-electron chi connectivity index (χ2n) is 5.13. The van der Waals surface area contributed by atoms with Crippen LogP contribution >= 0.6 is 0 Å². The third-order valence-electron chi connectivity index (χ3n) is 3.73. The van der Waals surface area contributed by atoms with Crippen molar-refractivity contribution < 1.29 is 4.74 Å². The van der Waals surface area contributed by atoms with Gasteiger partial charge in [0, 0.05) is 31.4 Å². The van der Waals surface area contributed by atoms with E-state index >= 15 is 0 Å². The number of rotatable bonds is 4. The zero-order valence-corrected chi connectivity index (χ0v) is 12.4. The first kappa shape index (κ1) is 14.1. The summed E-state index contributed by atoms with van der Waals surface area (Å²) in [5.41, 5.74) is 1.70. The van der Waals surface area contributed by atoms with Crippen molar-refractivity contribution in [1.82, 2.24) is 9.97 Å². The summed E-state index contributed by atoms with van der Waals surface area (Å²) in [6, 6.07) is 11.9. The number of hydrogen-bond donors (Lipinski definition) is 1. The molecule has 1 N–H and O–H groups in total. The fourth-order valence-corrected chi connectivity index (χ4v) is 2.65. The smallest absolute Gasteiger partial charge is 0.226 e. The van der Waals surface area contributed by atoms with Crippen LogP contribution in [-0.4, -0.2) is 36.2 Å².